The molecule has 0 spiro atoms. The van der Waals surface area contributed by atoms with E-state index in [1.54, 1.807) is 24.3 Å². The lowest BCUT2D eigenvalue weighted by atomic mass is 10.1. The van der Waals surface area contributed by atoms with Crippen LogP contribution in [0.15, 0.2) is 72.3 Å². The van der Waals surface area contributed by atoms with Crippen molar-refractivity contribution in [1.29, 1.82) is 0 Å². The number of imide groups is 2. The van der Waals surface area contributed by atoms with E-state index in [4.69, 9.17) is 16.3 Å². The maximum Gasteiger partial charge on any atom is 0.416 e. The second-order valence-electron chi connectivity index (χ2n) is 7.61. The van der Waals surface area contributed by atoms with Gasteiger partial charge >= 0.3 is 12.2 Å². The van der Waals surface area contributed by atoms with Crippen molar-refractivity contribution in [2.75, 3.05) is 4.90 Å². The number of urea groups is 1. The highest BCUT2D eigenvalue weighted by Gasteiger charge is 2.39. The number of carbonyl (C=O) groups is 3. The molecule has 4 amide bonds. The monoisotopic (exact) mass is 518 g/mol. The molecule has 0 radical (unpaired) electrons. The molecular weight excluding hydrogens is 504 g/mol. The molecule has 1 heterocycles. The van der Waals surface area contributed by atoms with E-state index in [1.807, 2.05) is 5.32 Å². The van der Waals surface area contributed by atoms with E-state index in [2.05, 4.69) is 0 Å². The average molecular weight is 519 g/mol. The summed E-state index contributed by atoms with van der Waals surface area (Å²) in [5.41, 5.74) is -1.26. The Morgan fingerprint density at radius 3 is 2.44 bits per heavy atom. The Morgan fingerprint density at radius 1 is 0.972 bits per heavy atom. The van der Waals surface area contributed by atoms with Crippen molar-refractivity contribution in [1.82, 2.24) is 5.32 Å². The minimum atomic E-state index is -4.75. The first-order valence-corrected chi connectivity index (χ1v) is 10.7. The zero-order valence-electron chi connectivity index (χ0n) is 18.1. The van der Waals surface area contributed by atoms with Crippen LogP contribution in [0.1, 0.15) is 16.7 Å². The lowest BCUT2D eigenvalue weighted by Crippen LogP contribution is -2.54. The van der Waals surface area contributed by atoms with Gasteiger partial charge in [-0.05, 0) is 59.7 Å². The van der Waals surface area contributed by atoms with Gasteiger partial charge in [-0.1, -0.05) is 35.9 Å². The number of carbonyl (C=O) groups excluding carboxylic acids is 3. The van der Waals surface area contributed by atoms with Crippen LogP contribution < -0.4 is 15.0 Å². The third-order valence-corrected chi connectivity index (χ3v) is 5.40. The molecule has 11 heteroatoms. The molecule has 4 rings (SSSR count). The number of rotatable bonds is 5. The molecule has 0 unspecified atom stereocenters. The Balaban J connectivity index is 1.62. The van der Waals surface area contributed by atoms with Crippen LogP contribution in [-0.2, 0) is 22.4 Å². The van der Waals surface area contributed by atoms with Crippen molar-refractivity contribution in [2.45, 2.75) is 12.8 Å². The zero-order chi connectivity index (χ0) is 26.0. The van der Waals surface area contributed by atoms with Gasteiger partial charge in [-0.2, -0.15) is 13.2 Å². The van der Waals surface area contributed by atoms with E-state index in [0.717, 1.165) is 12.1 Å². The fraction of sp³-hybridized carbons (Fsp3) is 0.0800. The maximum atomic E-state index is 13.4. The molecule has 1 saturated heterocycles. The van der Waals surface area contributed by atoms with Crippen LogP contribution in [-0.4, -0.2) is 17.8 Å². The summed E-state index contributed by atoms with van der Waals surface area (Å²) in [4.78, 5) is 38.2. The largest absolute Gasteiger partial charge is 0.489 e. The molecule has 0 atom stereocenters. The number of anilines is 1. The number of barbiturate groups is 1. The molecule has 36 heavy (non-hydrogen) atoms. The second kappa shape index (κ2) is 9.82. The van der Waals surface area contributed by atoms with E-state index >= 15 is 0 Å². The first-order valence-electron chi connectivity index (χ1n) is 10.3. The van der Waals surface area contributed by atoms with Crippen LogP contribution >= 0.6 is 11.6 Å². The van der Waals surface area contributed by atoms with Gasteiger partial charge in [0.25, 0.3) is 11.8 Å². The van der Waals surface area contributed by atoms with E-state index in [0.29, 0.717) is 33.9 Å². The van der Waals surface area contributed by atoms with Gasteiger partial charge in [0.15, 0.2) is 0 Å². The fourth-order valence-corrected chi connectivity index (χ4v) is 3.59. The van der Waals surface area contributed by atoms with E-state index in [9.17, 15) is 31.9 Å². The van der Waals surface area contributed by atoms with E-state index < -0.39 is 46.7 Å². The van der Waals surface area contributed by atoms with Gasteiger partial charge < -0.3 is 4.74 Å². The van der Waals surface area contributed by atoms with Crippen LogP contribution in [0.4, 0.5) is 28.0 Å². The van der Waals surface area contributed by atoms with Gasteiger partial charge in [0, 0.05) is 0 Å². The Morgan fingerprint density at radius 2 is 1.72 bits per heavy atom. The zero-order valence-corrected chi connectivity index (χ0v) is 18.9. The molecule has 1 fully saturated rings. The van der Waals surface area contributed by atoms with Gasteiger partial charge in [-0.15, -0.1) is 0 Å². The third-order valence-electron chi connectivity index (χ3n) is 5.08. The molecule has 3 aromatic rings. The lowest BCUT2D eigenvalue weighted by Gasteiger charge is -2.27. The Kier molecular flexibility index (Phi) is 6.80. The summed E-state index contributed by atoms with van der Waals surface area (Å²) >= 11 is 5.98. The first-order chi connectivity index (χ1) is 17.0. The van der Waals surface area contributed by atoms with Crippen LogP contribution in [0.3, 0.4) is 0 Å². The fourth-order valence-electron chi connectivity index (χ4n) is 3.39. The van der Waals surface area contributed by atoms with Crippen molar-refractivity contribution in [3.63, 3.8) is 0 Å². The number of hydrogen-bond acceptors (Lipinski definition) is 4. The average Bonchev–Trinajstić information content (AvgIpc) is 2.81. The molecular formula is C25H15ClF4N2O4. The summed E-state index contributed by atoms with van der Waals surface area (Å²) in [7, 11) is 0. The molecule has 1 aliphatic rings. The molecule has 3 aromatic carbocycles. The minimum Gasteiger partial charge on any atom is -0.489 e. The van der Waals surface area contributed by atoms with Gasteiger partial charge in [-0.25, -0.2) is 14.1 Å². The quantitative estimate of drug-likeness (QED) is 0.265. The highest BCUT2D eigenvalue weighted by Crippen LogP contribution is 2.36. The Hall–Kier alpha value is -4.18. The summed E-state index contributed by atoms with van der Waals surface area (Å²) in [6.07, 6.45) is -3.59. The molecule has 0 aromatic heterocycles. The lowest BCUT2D eigenvalue weighted by molar-refractivity contribution is -0.137. The SMILES string of the molecule is O=C1NC(=O)N(c2cc(C(F)(F)F)ccc2Cl)C(=O)/C1=C/c1cccc(OCc2cccc(F)c2)c1. The van der Waals surface area contributed by atoms with Crippen molar-refractivity contribution >= 4 is 41.2 Å². The number of amides is 4. The summed E-state index contributed by atoms with van der Waals surface area (Å²) < 4.78 is 58.5. The summed E-state index contributed by atoms with van der Waals surface area (Å²) in [5, 5.41) is 1.63. The van der Waals surface area contributed by atoms with Gasteiger partial charge in [0.2, 0.25) is 0 Å². The van der Waals surface area contributed by atoms with Crippen LogP contribution in [0, 0.1) is 5.82 Å². The van der Waals surface area contributed by atoms with Crippen molar-refractivity contribution in [3.05, 3.63) is 99.8 Å². The second-order valence-corrected chi connectivity index (χ2v) is 8.02. The molecule has 0 saturated carbocycles. The summed E-state index contributed by atoms with van der Waals surface area (Å²) in [5.74, 6) is -2.27. The number of ether oxygens (including phenoxy) is 1. The highest BCUT2D eigenvalue weighted by molar-refractivity contribution is 6.42. The van der Waals surface area contributed by atoms with Crippen molar-refractivity contribution in [3.8, 4) is 5.75 Å². The smallest absolute Gasteiger partial charge is 0.416 e. The topological polar surface area (TPSA) is 75.7 Å². The maximum absolute atomic E-state index is 13.4. The molecule has 6 nitrogen and oxygen atoms in total. The van der Waals surface area contributed by atoms with Crippen LogP contribution in [0.25, 0.3) is 6.08 Å². The van der Waals surface area contributed by atoms with E-state index in [-0.39, 0.29) is 11.6 Å². The van der Waals surface area contributed by atoms with Crippen LogP contribution in [0.2, 0.25) is 5.02 Å². The number of nitrogens with one attached hydrogen (secondary N) is 1. The summed E-state index contributed by atoms with van der Waals surface area (Å²) in [6.45, 7) is 0.0491. The highest BCUT2D eigenvalue weighted by atomic mass is 35.5. The minimum absolute atomic E-state index is 0.0491. The van der Waals surface area contributed by atoms with Gasteiger partial charge in [0.05, 0.1) is 16.3 Å². The predicted molar refractivity (Wildman–Crippen MR) is 123 cm³/mol. The number of benzene rings is 3. The van der Waals surface area contributed by atoms with Crippen LogP contribution in [0.5, 0.6) is 5.75 Å². The molecule has 184 valence electrons. The molecule has 0 aliphatic carbocycles. The van der Waals surface area contributed by atoms with Gasteiger partial charge in [0.1, 0.15) is 23.7 Å². The van der Waals surface area contributed by atoms with Gasteiger partial charge in [-0.3, -0.25) is 14.9 Å². The standard InChI is InChI=1S/C25H15ClF4N2O4/c26-20-8-7-16(25(28,29)30)12-21(20)32-23(34)19(22(33)31-24(32)35)11-14-3-2-6-18(10-14)36-13-15-4-1-5-17(27)9-15/h1-12H,13H2,(H,31,33,35)/b19-11+. The number of alkyl halides is 3. The molecule has 1 N–H and O–H groups in total. The number of nitrogens with zero attached hydrogens (tertiary/aromatic N) is 1. The molecule has 0 bridgehead atoms. The normalized spacial score (nSPS) is 15.3. The van der Waals surface area contributed by atoms with Crippen molar-refractivity contribution < 1.29 is 36.7 Å². The number of hydrogen-bond donors (Lipinski definition) is 1. The summed E-state index contributed by atoms with van der Waals surface area (Å²) in [6, 6.07) is 12.9. The predicted octanol–water partition coefficient (Wildman–Crippen LogP) is 5.74. The Labute approximate surface area is 206 Å². The first kappa shape index (κ1) is 24.9. The van der Waals surface area contributed by atoms with Crippen molar-refractivity contribution in [2.24, 2.45) is 0 Å². The number of halogens is 5. The van der Waals surface area contributed by atoms with E-state index in [1.165, 1.54) is 24.3 Å². The Bertz CT molecular complexity index is 1400. The molecule has 1 aliphatic heterocycles. The third kappa shape index (κ3) is 5.38.